The van der Waals surface area contributed by atoms with Crippen LogP contribution in [0, 0.1) is 5.92 Å². The first-order chi connectivity index (χ1) is 7.13. The van der Waals surface area contributed by atoms with Gasteiger partial charge in [0.25, 0.3) is 0 Å². The standard InChI is InChI=1S/C13H20O2/c1-10(2)13(14)8-7-11-5-4-6-12(9-11)15-3/h4-6,9-10,13-14H,7-8H2,1-3H3. The number of ether oxygens (including phenoxy) is 1. The molecule has 15 heavy (non-hydrogen) atoms. The molecule has 1 aromatic rings. The van der Waals surface area contributed by atoms with Crippen molar-refractivity contribution in [2.45, 2.75) is 32.8 Å². The fourth-order valence-electron chi connectivity index (χ4n) is 1.48. The number of benzene rings is 1. The fourth-order valence-corrected chi connectivity index (χ4v) is 1.48. The minimum Gasteiger partial charge on any atom is -0.497 e. The second kappa shape index (κ2) is 5.76. The summed E-state index contributed by atoms with van der Waals surface area (Å²) in [6.07, 6.45) is 1.50. The van der Waals surface area contributed by atoms with Gasteiger partial charge in [0.05, 0.1) is 13.2 Å². The Morgan fingerprint density at radius 2 is 2.07 bits per heavy atom. The zero-order valence-electron chi connectivity index (χ0n) is 9.73. The van der Waals surface area contributed by atoms with E-state index in [1.165, 1.54) is 5.56 Å². The summed E-state index contributed by atoms with van der Waals surface area (Å²) >= 11 is 0. The van der Waals surface area contributed by atoms with Gasteiger partial charge in [-0.15, -0.1) is 0 Å². The first-order valence-electron chi connectivity index (χ1n) is 5.44. The van der Waals surface area contributed by atoms with Crippen LogP contribution in [-0.4, -0.2) is 18.3 Å². The lowest BCUT2D eigenvalue weighted by molar-refractivity contribution is 0.116. The van der Waals surface area contributed by atoms with E-state index in [9.17, 15) is 5.11 Å². The van der Waals surface area contributed by atoms with Crippen molar-refractivity contribution < 1.29 is 9.84 Å². The zero-order chi connectivity index (χ0) is 11.3. The van der Waals surface area contributed by atoms with Gasteiger partial charge in [0.1, 0.15) is 5.75 Å². The van der Waals surface area contributed by atoms with E-state index in [2.05, 4.69) is 6.07 Å². The Morgan fingerprint density at radius 1 is 1.33 bits per heavy atom. The summed E-state index contributed by atoms with van der Waals surface area (Å²) in [6.45, 7) is 4.08. The lowest BCUT2D eigenvalue weighted by Gasteiger charge is -2.14. The fraction of sp³-hybridized carbons (Fsp3) is 0.538. The first kappa shape index (κ1) is 12.1. The monoisotopic (exact) mass is 208 g/mol. The molecule has 0 amide bonds. The minimum atomic E-state index is -0.212. The van der Waals surface area contributed by atoms with Gasteiger partial charge in [-0.3, -0.25) is 0 Å². The van der Waals surface area contributed by atoms with Crippen molar-refractivity contribution in [2.75, 3.05) is 7.11 Å². The van der Waals surface area contributed by atoms with E-state index in [4.69, 9.17) is 4.74 Å². The third-order valence-electron chi connectivity index (χ3n) is 2.63. The van der Waals surface area contributed by atoms with Crippen LogP contribution in [0.5, 0.6) is 5.75 Å². The van der Waals surface area contributed by atoms with Crippen molar-refractivity contribution >= 4 is 0 Å². The van der Waals surface area contributed by atoms with Crippen molar-refractivity contribution in [1.29, 1.82) is 0 Å². The molecule has 0 heterocycles. The van der Waals surface area contributed by atoms with Crippen LogP contribution in [0.25, 0.3) is 0 Å². The molecular formula is C13H20O2. The topological polar surface area (TPSA) is 29.5 Å². The van der Waals surface area contributed by atoms with Crippen molar-refractivity contribution in [2.24, 2.45) is 5.92 Å². The molecule has 0 spiro atoms. The molecule has 0 aromatic heterocycles. The number of aliphatic hydroxyl groups excluding tert-OH is 1. The summed E-state index contributed by atoms with van der Waals surface area (Å²) < 4.78 is 5.15. The number of hydrogen-bond acceptors (Lipinski definition) is 2. The summed E-state index contributed by atoms with van der Waals surface area (Å²) in [6, 6.07) is 8.00. The molecule has 1 unspecified atom stereocenters. The lowest BCUT2D eigenvalue weighted by Crippen LogP contribution is -2.15. The second-order valence-corrected chi connectivity index (χ2v) is 4.20. The van der Waals surface area contributed by atoms with Crippen LogP contribution in [0.1, 0.15) is 25.8 Å². The third kappa shape index (κ3) is 3.92. The lowest BCUT2D eigenvalue weighted by atomic mass is 9.99. The summed E-state index contributed by atoms with van der Waals surface area (Å²) in [5.41, 5.74) is 1.22. The first-order valence-corrected chi connectivity index (χ1v) is 5.44. The van der Waals surface area contributed by atoms with Crippen molar-refractivity contribution in [1.82, 2.24) is 0 Å². The summed E-state index contributed by atoms with van der Waals surface area (Å²) in [5, 5.41) is 9.68. The number of hydrogen-bond donors (Lipinski definition) is 1. The van der Waals surface area contributed by atoms with Gasteiger partial charge in [0, 0.05) is 0 Å². The van der Waals surface area contributed by atoms with Gasteiger partial charge < -0.3 is 9.84 Å². The largest absolute Gasteiger partial charge is 0.497 e. The van der Waals surface area contributed by atoms with Crippen LogP contribution in [0.4, 0.5) is 0 Å². The van der Waals surface area contributed by atoms with E-state index < -0.39 is 0 Å². The van der Waals surface area contributed by atoms with E-state index in [1.807, 2.05) is 32.0 Å². The molecule has 2 nitrogen and oxygen atoms in total. The maximum Gasteiger partial charge on any atom is 0.119 e. The van der Waals surface area contributed by atoms with Gasteiger partial charge in [-0.05, 0) is 36.5 Å². The smallest absolute Gasteiger partial charge is 0.119 e. The molecule has 0 aliphatic rings. The molecule has 0 radical (unpaired) electrons. The van der Waals surface area contributed by atoms with Gasteiger partial charge >= 0.3 is 0 Å². The minimum absolute atomic E-state index is 0.212. The van der Waals surface area contributed by atoms with Crippen molar-refractivity contribution in [3.8, 4) is 5.75 Å². The molecule has 0 bridgehead atoms. The number of aliphatic hydroxyl groups is 1. The highest BCUT2D eigenvalue weighted by Crippen LogP contribution is 2.16. The Bertz CT molecular complexity index is 294. The van der Waals surface area contributed by atoms with Gasteiger partial charge in [-0.2, -0.15) is 0 Å². The predicted octanol–water partition coefficient (Wildman–Crippen LogP) is 2.64. The molecule has 0 fully saturated rings. The summed E-state index contributed by atoms with van der Waals surface area (Å²) in [5.74, 6) is 1.21. The van der Waals surface area contributed by atoms with Gasteiger partial charge in [0.2, 0.25) is 0 Å². The maximum absolute atomic E-state index is 9.68. The second-order valence-electron chi connectivity index (χ2n) is 4.20. The predicted molar refractivity (Wildman–Crippen MR) is 62.2 cm³/mol. The maximum atomic E-state index is 9.68. The number of methoxy groups -OCH3 is 1. The molecule has 2 heteroatoms. The van der Waals surface area contributed by atoms with Gasteiger partial charge in [-0.1, -0.05) is 26.0 Å². The molecule has 1 atom stereocenters. The van der Waals surface area contributed by atoms with Crippen molar-refractivity contribution in [3.05, 3.63) is 29.8 Å². The molecule has 0 aliphatic carbocycles. The van der Waals surface area contributed by atoms with E-state index in [1.54, 1.807) is 7.11 Å². The Kier molecular flexibility index (Phi) is 4.63. The Labute approximate surface area is 91.9 Å². The molecule has 1 rings (SSSR count). The molecular weight excluding hydrogens is 188 g/mol. The van der Waals surface area contributed by atoms with Crippen molar-refractivity contribution in [3.63, 3.8) is 0 Å². The SMILES string of the molecule is COc1cccc(CCC(O)C(C)C)c1. The quantitative estimate of drug-likeness (QED) is 0.806. The van der Waals surface area contributed by atoms with Gasteiger partial charge in [0.15, 0.2) is 0 Å². The Hall–Kier alpha value is -1.02. The Morgan fingerprint density at radius 3 is 2.67 bits per heavy atom. The molecule has 0 saturated carbocycles. The number of rotatable bonds is 5. The normalized spacial score (nSPS) is 12.9. The van der Waals surface area contributed by atoms with E-state index in [0.717, 1.165) is 18.6 Å². The highest BCUT2D eigenvalue weighted by atomic mass is 16.5. The Balaban J connectivity index is 2.50. The highest BCUT2D eigenvalue weighted by molar-refractivity contribution is 5.28. The zero-order valence-corrected chi connectivity index (χ0v) is 9.73. The summed E-state index contributed by atoms with van der Waals surface area (Å²) in [7, 11) is 1.67. The van der Waals surface area contributed by atoms with E-state index in [0.29, 0.717) is 5.92 Å². The van der Waals surface area contributed by atoms with Crippen LogP contribution in [0.15, 0.2) is 24.3 Å². The van der Waals surface area contributed by atoms with Gasteiger partial charge in [-0.25, -0.2) is 0 Å². The van der Waals surface area contributed by atoms with Crippen LogP contribution in [-0.2, 0) is 6.42 Å². The van der Waals surface area contributed by atoms with Crippen LogP contribution in [0.3, 0.4) is 0 Å². The van der Waals surface area contributed by atoms with E-state index >= 15 is 0 Å². The molecule has 0 saturated heterocycles. The molecule has 0 aliphatic heterocycles. The average Bonchev–Trinajstić information content (AvgIpc) is 2.26. The third-order valence-corrected chi connectivity index (χ3v) is 2.63. The number of aryl methyl sites for hydroxylation is 1. The molecule has 1 N–H and O–H groups in total. The van der Waals surface area contributed by atoms with Crippen LogP contribution >= 0.6 is 0 Å². The highest BCUT2D eigenvalue weighted by Gasteiger charge is 2.08. The molecule has 1 aromatic carbocycles. The molecule has 84 valence electrons. The van der Waals surface area contributed by atoms with Crippen LogP contribution in [0.2, 0.25) is 0 Å². The summed E-state index contributed by atoms with van der Waals surface area (Å²) in [4.78, 5) is 0. The average molecular weight is 208 g/mol. The van der Waals surface area contributed by atoms with Crippen LogP contribution < -0.4 is 4.74 Å². The van der Waals surface area contributed by atoms with E-state index in [-0.39, 0.29) is 6.10 Å².